The van der Waals surface area contributed by atoms with Crippen LogP contribution in [-0.2, 0) is 11.3 Å². The molecule has 128 valence electrons. The molecule has 3 atom stereocenters. The Morgan fingerprint density at radius 2 is 1.88 bits per heavy atom. The van der Waals surface area contributed by atoms with Gasteiger partial charge in [-0.05, 0) is 24.7 Å². The molecule has 3 rings (SSSR count). The highest BCUT2D eigenvalue weighted by Crippen LogP contribution is 2.12. The van der Waals surface area contributed by atoms with Gasteiger partial charge in [0.2, 0.25) is 0 Å². The van der Waals surface area contributed by atoms with Gasteiger partial charge >= 0.3 is 0 Å². The summed E-state index contributed by atoms with van der Waals surface area (Å²) in [5.74, 6) is -0.391. The van der Waals surface area contributed by atoms with Crippen LogP contribution in [0.25, 0.3) is 0 Å². The molecule has 2 aromatic carbocycles. The number of piperazine rings is 1. The van der Waals surface area contributed by atoms with Gasteiger partial charge in [0.05, 0.1) is 13.2 Å². The highest BCUT2D eigenvalue weighted by atomic mass is 19.1. The lowest BCUT2D eigenvalue weighted by molar-refractivity contribution is -0.930. The van der Waals surface area contributed by atoms with E-state index < -0.39 is 12.1 Å². The van der Waals surface area contributed by atoms with Gasteiger partial charge in [-0.3, -0.25) is 4.90 Å². The lowest BCUT2D eigenvalue weighted by atomic mass is 10.2. The Kier molecular flexibility index (Phi) is 5.40. The summed E-state index contributed by atoms with van der Waals surface area (Å²) in [5.41, 5.74) is 4.27. The first-order valence-electron chi connectivity index (χ1n) is 8.00. The van der Waals surface area contributed by atoms with Gasteiger partial charge in [0.15, 0.2) is 12.0 Å². The van der Waals surface area contributed by atoms with Crippen LogP contribution >= 0.6 is 0 Å². The molecule has 1 saturated heterocycles. The summed E-state index contributed by atoms with van der Waals surface area (Å²) in [6, 6.07) is 16.1. The van der Waals surface area contributed by atoms with Crippen molar-refractivity contribution >= 4 is 5.69 Å². The molecule has 2 aromatic rings. The van der Waals surface area contributed by atoms with E-state index >= 15 is 0 Å². The molecular formula is C18H22F2N3O+. The second-order valence-electron chi connectivity index (χ2n) is 5.99. The molecule has 24 heavy (non-hydrogen) atoms. The van der Waals surface area contributed by atoms with Crippen LogP contribution in [0.15, 0.2) is 54.6 Å². The zero-order valence-electron chi connectivity index (χ0n) is 13.6. The topological polar surface area (TPSA) is 28.9 Å². The van der Waals surface area contributed by atoms with Crippen molar-refractivity contribution in [1.82, 2.24) is 4.90 Å². The number of nitrogens with zero attached hydrogens (tertiary/aromatic N) is 1. The van der Waals surface area contributed by atoms with Gasteiger partial charge in [0.25, 0.3) is 6.30 Å². The number of benzene rings is 2. The largest absolute Gasteiger partial charge is 0.352 e. The lowest BCUT2D eigenvalue weighted by Gasteiger charge is -2.38. The van der Waals surface area contributed by atoms with Crippen LogP contribution in [0.4, 0.5) is 14.5 Å². The molecular weight excluding hydrogens is 312 g/mol. The van der Waals surface area contributed by atoms with E-state index in [2.05, 4.69) is 5.43 Å². The van der Waals surface area contributed by atoms with Gasteiger partial charge in [-0.15, -0.1) is 0 Å². The van der Waals surface area contributed by atoms with Crippen LogP contribution in [0.3, 0.4) is 0 Å². The van der Waals surface area contributed by atoms with Gasteiger partial charge < -0.3 is 4.74 Å². The fourth-order valence-electron chi connectivity index (χ4n) is 2.77. The number of rotatable bonds is 5. The highest BCUT2D eigenvalue weighted by molar-refractivity contribution is 5.41. The summed E-state index contributed by atoms with van der Waals surface area (Å²) in [6.45, 7) is 1.05. The van der Waals surface area contributed by atoms with Crippen molar-refractivity contribution < 1.29 is 18.5 Å². The first-order valence-corrected chi connectivity index (χ1v) is 8.00. The average molecular weight is 334 g/mol. The van der Waals surface area contributed by atoms with Gasteiger partial charge in [0, 0.05) is 0 Å². The molecule has 1 heterocycles. The maximum atomic E-state index is 14.3. The molecule has 0 saturated carbocycles. The van der Waals surface area contributed by atoms with Crippen LogP contribution in [0.2, 0.25) is 0 Å². The second kappa shape index (κ2) is 7.70. The Morgan fingerprint density at radius 1 is 1.17 bits per heavy atom. The molecule has 1 aliphatic rings. The number of para-hydroxylation sites is 1. The number of hydrogen-bond donors (Lipinski definition) is 2. The predicted octanol–water partition coefficient (Wildman–Crippen LogP) is 1.82. The summed E-state index contributed by atoms with van der Waals surface area (Å²) in [7, 11) is 1.84. The Morgan fingerprint density at radius 3 is 2.62 bits per heavy atom. The van der Waals surface area contributed by atoms with E-state index in [4.69, 9.17) is 4.74 Å². The summed E-state index contributed by atoms with van der Waals surface area (Å²) < 4.78 is 34.0. The summed E-state index contributed by atoms with van der Waals surface area (Å²) >= 11 is 0. The van der Waals surface area contributed by atoms with Crippen molar-refractivity contribution in [1.29, 1.82) is 0 Å². The van der Waals surface area contributed by atoms with E-state index in [0.717, 1.165) is 5.56 Å². The van der Waals surface area contributed by atoms with Crippen LogP contribution in [-0.4, -0.2) is 37.6 Å². The molecule has 1 aliphatic heterocycles. The minimum Gasteiger partial charge on any atom is -0.352 e. The number of nitrogens with one attached hydrogen (secondary N) is 2. The maximum Gasteiger partial charge on any atom is 0.265 e. The molecule has 1 fully saturated rings. The number of likely N-dealkylation sites (N-methyl/N-ethyl adjacent to an activating group) is 1. The van der Waals surface area contributed by atoms with Crippen molar-refractivity contribution in [3.63, 3.8) is 0 Å². The van der Waals surface area contributed by atoms with Crippen LogP contribution in [0, 0.1) is 5.82 Å². The smallest absolute Gasteiger partial charge is 0.265 e. The third-order valence-electron chi connectivity index (χ3n) is 4.17. The summed E-state index contributed by atoms with van der Waals surface area (Å²) in [4.78, 5) is 1.85. The van der Waals surface area contributed by atoms with E-state index in [-0.39, 0.29) is 12.8 Å². The van der Waals surface area contributed by atoms with E-state index in [1.165, 1.54) is 6.07 Å². The highest BCUT2D eigenvalue weighted by Gasteiger charge is 2.36. The van der Waals surface area contributed by atoms with Crippen LogP contribution < -0.4 is 10.4 Å². The molecule has 3 unspecified atom stereocenters. The first-order chi connectivity index (χ1) is 11.6. The monoisotopic (exact) mass is 334 g/mol. The number of anilines is 1. The van der Waals surface area contributed by atoms with Gasteiger partial charge in [0.1, 0.15) is 12.2 Å². The first kappa shape index (κ1) is 16.8. The minimum atomic E-state index is -1.16. The molecule has 6 heteroatoms. The fourth-order valence-corrected chi connectivity index (χ4v) is 2.77. The second-order valence-corrected chi connectivity index (χ2v) is 5.99. The summed E-state index contributed by atoms with van der Waals surface area (Å²) in [6.07, 6.45) is -1.40. The third-order valence-corrected chi connectivity index (χ3v) is 4.17. The standard InChI is InChI=1S/C18H21F2N3O/c1-22-11-17(20)23(21-16-10-6-5-9-15(16)19)12-18(22)24-13-14-7-3-2-4-8-14/h2-10,17-18,21H,11-13H2,1H3/p+1. The molecule has 0 bridgehead atoms. The average Bonchev–Trinajstić information content (AvgIpc) is 2.59. The molecule has 2 N–H and O–H groups in total. The Balaban J connectivity index is 1.62. The third kappa shape index (κ3) is 4.08. The lowest BCUT2D eigenvalue weighted by Crippen LogP contribution is -3.21. The fraction of sp³-hybridized carbons (Fsp3) is 0.333. The SMILES string of the molecule is CN1CC(F)[NH+](Nc2ccccc2F)CC1OCc1ccccc1. The molecule has 0 spiro atoms. The van der Waals surface area contributed by atoms with Crippen molar-refractivity contribution in [2.75, 3.05) is 25.6 Å². The molecule has 0 amide bonds. The predicted molar refractivity (Wildman–Crippen MR) is 88.4 cm³/mol. The van der Waals surface area contributed by atoms with Crippen molar-refractivity contribution in [3.8, 4) is 0 Å². The number of quaternary nitrogens is 1. The zero-order chi connectivity index (χ0) is 16.9. The van der Waals surface area contributed by atoms with Crippen LogP contribution in [0.5, 0.6) is 0 Å². The number of hydrogen-bond acceptors (Lipinski definition) is 3. The van der Waals surface area contributed by atoms with Crippen molar-refractivity contribution in [2.24, 2.45) is 0 Å². The molecule has 0 radical (unpaired) electrons. The van der Waals surface area contributed by atoms with E-state index in [9.17, 15) is 8.78 Å². The molecule has 0 aromatic heterocycles. The quantitative estimate of drug-likeness (QED) is 0.818. The van der Waals surface area contributed by atoms with Gasteiger partial charge in [-0.1, -0.05) is 42.5 Å². The van der Waals surface area contributed by atoms with E-state index in [0.29, 0.717) is 23.8 Å². The molecule has 0 aliphatic carbocycles. The Bertz CT molecular complexity index is 656. The zero-order valence-corrected chi connectivity index (χ0v) is 13.6. The Hall–Kier alpha value is -2.02. The number of alkyl halides is 1. The van der Waals surface area contributed by atoms with Crippen molar-refractivity contribution in [3.05, 3.63) is 66.0 Å². The number of ether oxygens (including phenoxy) is 1. The van der Waals surface area contributed by atoms with Crippen LogP contribution in [0.1, 0.15) is 5.56 Å². The van der Waals surface area contributed by atoms with E-state index in [1.54, 1.807) is 18.2 Å². The van der Waals surface area contributed by atoms with Crippen molar-refractivity contribution in [2.45, 2.75) is 19.1 Å². The Labute approximate surface area is 140 Å². The maximum absolute atomic E-state index is 14.3. The normalized spacial score (nSPS) is 24.7. The molecule has 4 nitrogen and oxygen atoms in total. The number of halogens is 2. The minimum absolute atomic E-state index is 0.218. The summed E-state index contributed by atoms with van der Waals surface area (Å²) in [5, 5.41) is 0.455. The van der Waals surface area contributed by atoms with Gasteiger partial charge in [-0.25, -0.2) is 14.8 Å². The van der Waals surface area contributed by atoms with Gasteiger partial charge in [-0.2, -0.15) is 4.39 Å². The van der Waals surface area contributed by atoms with E-state index in [1.807, 2.05) is 42.3 Å².